The molecule has 0 radical (unpaired) electrons. The number of hydrogen-bond donors (Lipinski definition) is 3. The molecule has 0 atom stereocenters. The summed E-state index contributed by atoms with van der Waals surface area (Å²) in [5, 5.41) is 17.2. The summed E-state index contributed by atoms with van der Waals surface area (Å²) in [6, 6.07) is 14.6. The van der Waals surface area contributed by atoms with Gasteiger partial charge in [0, 0.05) is 28.8 Å². The Hall–Kier alpha value is -3.24. The maximum absolute atomic E-state index is 9.86. The van der Waals surface area contributed by atoms with E-state index in [1.807, 2.05) is 35.2 Å². The van der Waals surface area contributed by atoms with Crippen LogP contribution in [0.5, 0.6) is 5.75 Å². The molecule has 0 aliphatic carbocycles. The second kappa shape index (κ2) is 9.51. The van der Waals surface area contributed by atoms with Crippen molar-refractivity contribution >= 4 is 45.7 Å². The predicted octanol–water partition coefficient (Wildman–Crippen LogP) is 3.37. The fourth-order valence-electron chi connectivity index (χ4n) is 2.83. The summed E-state index contributed by atoms with van der Waals surface area (Å²) in [7, 11) is 0. The highest BCUT2D eigenvalue weighted by molar-refractivity contribution is 9.10. The molecule has 2 heterocycles. The highest BCUT2D eigenvalue weighted by Gasteiger charge is 2.16. The van der Waals surface area contributed by atoms with Gasteiger partial charge in [0.15, 0.2) is 0 Å². The Labute approximate surface area is 182 Å². The monoisotopic (exact) mass is 469 g/mol. The lowest BCUT2D eigenvalue weighted by Crippen LogP contribution is -2.37. The number of aromatic hydroxyl groups is 1. The van der Waals surface area contributed by atoms with Crippen LogP contribution in [0.1, 0.15) is 5.56 Å². The summed E-state index contributed by atoms with van der Waals surface area (Å²) in [5.74, 6) is 1.36. The maximum atomic E-state index is 9.86. The van der Waals surface area contributed by atoms with Gasteiger partial charge in [-0.05, 0) is 30.3 Å². The molecule has 4 rings (SSSR count). The van der Waals surface area contributed by atoms with Crippen LogP contribution < -0.4 is 15.6 Å². The largest absolute Gasteiger partial charge is 0.507 e. The van der Waals surface area contributed by atoms with Gasteiger partial charge in [0.2, 0.25) is 17.8 Å². The van der Waals surface area contributed by atoms with Crippen LogP contribution in [0.4, 0.5) is 23.5 Å². The van der Waals surface area contributed by atoms with E-state index < -0.39 is 0 Å². The van der Waals surface area contributed by atoms with Gasteiger partial charge in [0.1, 0.15) is 5.75 Å². The number of rotatable bonds is 6. The van der Waals surface area contributed by atoms with Crippen LogP contribution in [0.15, 0.2) is 58.1 Å². The molecule has 1 aliphatic rings. The van der Waals surface area contributed by atoms with E-state index in [0.717, 1.165) is 10.2 Å². The molecule has 2 aromatic carbocycles. The number of ether oxygens (including phenoxy) is 1. The summed E-state index contributed by atoms with van der Waals surface area (Å²) in [5.41, 5.74) is 4.25. The summed E-state index contributed by atoms with van der Waals surface area (Å²) in [4.78, 5) is 15.5. The zero-order valence-corrected chi connectivity index (χ0v) is 17.6. The van der Waals surface area contributed by atoms with Gasteiger partial charge >= 0.3 is 0 Å². The number of nitrogens with one attached hydrogen (secondary N) is 2. The Bertz CT molecular complexity index is 1040. The average molecular weight is 470 g/mol. The SMILES string of the molecule is Oc1ccccc1C=NNc1nc(Nc2cccc(Br)c2)nc(N2CCOCC2)n1. The molecular weight excluding hydrogens is 450 g/mol. The van der Waals surface area contributed by atoms with Crippen molar-refractivity contribution < 1.29 is 9.84 Å². The molecule has 154 valence electrons. The number of para-hydroxylation sites is 1. The van der Waals surface area contributed by atoms with E-state index in [1.54, 1.807) is 18.2 Å². The second-order valence-corrected chi connectivity index (χ2v) is 7.36. The van der Waals surface area contributed by atoms with E-state index in [2.05, 4.69) is 46.7 Å². The van der Waals surface area contributed by atoms with Crippen LogP contribution in [0.25, 0.3) is 0 Å². The molecule has 9 nitrogen and oxygen atoms in total. The fraction of sp³-hybridized carbons (Fsp3) is 0.200. The molecule has 0 unspecified atom stereocenters. The molecule has 10 heteroatoms. The molecule has 3 N–H and O–H groups in total. The van der Waals surface area contributed by atoms with Gasteiger partial charge < -0.3 is 20.1 Å². The number of hydrazone groups is 1. The lowest BCUT2D eigenvalue weighted by atomic mass is 10.2. The van der Waals surface area contributed by atoms with Gasteiger partial charge in [0.05, 0.1) is 19.4 Å². The minimum atomic E-state index is 0.143. The first-order chi connectivity index (χ1) is 14.7. The number of phenols is 1. The van der Waals surface area contributed by atoms with Crippen molar-refractivity contribution in [1.29, 1.82) is 0 Å². The Balaban J connectivity index is 1.58. The zero-order valence-electron chi connectivity index (χ0n) is 16.0. The molecule has 0 saturated carbocycles. The van der Waals surface area contributed by atoms with Crippen LogP contribution >= 0.6 is 15.9 Å². The number of anilines is 4. The van der Waals surface area contributed by atoms with E-state index in [0.29, 0.717) is 43.8 Å². The van der Waals surface area contributed by atoms with Crippen molar-refractivity contribution in [3.05, 3.63) is 58.6 Å². The Morgan fingerprint density at radius 2 is 1.83 bits per heavy atom. The smallest absolute Gasteiger partial charge is 0.250 e. The van der Waals surface area contributed by atoms with Gasteiger partial charge in [-0.25, -0.2) is 5.43 Å². The summed E-state index contributed by atoms with van der Waals surface area (Å²) in [6.45, 7) is 2.63. The van der Waals surface area contributed by atoms with Crippen molar-refractivity contribution in [2.24, 2.45) is 5.10 Å². The fourth-order valence-corrected chi connectivity index (χ4v) is 3.23. The Morgan fingerprint density at radius 1 is 1.03 bits per heavy atom. The van der Waals surface area contributed by atoms with Crippen LogP contribution in [0.2, 0.25) is 0 Å². The van der Waals surface area contributed by atoms with Gasteiger partial charge in [-0.3, -0.25) is 0 Å². The summed E-state index contributed by atoms with van der Waals surface area (Å²) >= 11 is 3.46. The number of phenolic OH excluding ortho intramolecular Hbond substituents is 1. The topological polar surface area (TPSA) is 108 Å². The van der Waals surface area contributed by atoms with Crippen molar-refractivity contribution in [2.45, 2.75) is 0 Å². The van der Waals surface area contributed by atoms with E-state index >= 15 is 0 Å². The van der Waals surface area contributed by atoms with Gasteiger partial charge in [-0.15, -0.1) is 0 Å². The normalized spacial score (nSPS) is 14.1. The number of morpholine rings is 1. The van der Waals surface area contributed by atoms with Crippen molar-refractivity contribution in [3.63, 3.8) is 0 Å². The van der Waals surface area contributed by atoms with Gasteiger partial charge in [0.25, 0.3) is 0 Å². The minimum absolute atomic E-state index is 0.143. The molecule has 3 aromatic rings. The maximum Gasteiger partial charge on any atom is 0.250 e. The number of halogens is 1. The van der Waals surface area contributed by atoms with Crippen molar-refractivity contribution in [3.8, 4) is 5.75 Å². The number of benzene rings is 2. The van der Waals surface area contributed by atoms with Crippen LogP contribution in [-0.2, 0) is 4.74 Å². The molecule has 1 fully saturated rings. The zero-order chi connectivity index (χ0) is 20.8. The van der Waals surface area contributed by atoms with E-state index in [4.69, 9.17) is 4.74 Å². The van der Waals surface area contributed by atoms with Crippen LogP contribution in [0, 0.1) is 0 Å². The molecule has 30 heavy (non-hydrogen) atoms. The number of nitrogens with zero attached hydrogens (tertiary/aromatic N) is 5. The van der Waals surface area contributed by atoms with E-state index in [-0.39, 0.29) is 11.7 Å². The Morgan fingerprint density at radius 3 is 2.63 bits per heavy atom. The first-order valence-electron chi connectivity index (χ1n) is 9.36. The molecule has 0 spiro atoms. The van der Waals surface area contributed by atoms with E-state index in [1.165, 1.54) is 6.21 Å². The highest BCUT2D eigenvalue weighted by Crippen LogP contribution is 2.21. The van der Waals surface area contributed by atoms with Crippen LogP contribution in [-0.4, -0.2) is 52.6 Å². The summed E-state index contributed by atoms with van der Waals surface area (Å²) < 4.78 is 6.36. The predicted molar refractivity (Wildman–Crippen MR) is 120 cm³/mol. The molecule has 1 saturated heterocycles. The van der Waals surface area contributed by atoms with Gasteiger partial charge in [-0.1, -0.05) is 34.1 Å². The minimum Gasteiger partial charge on any atom is -0.507 e. The molecular formula is C20H20BrN7O2. The molecule has 1 aromatic heterocycles. The first kappa shape index (κ1) is 20.0. The third-order valence-corrected chi connectivity index (χ3v) is 4.80. The third-order valence-electron chi connectivity index (χ3n) is 4.30. The quantitative estimate of drug-likeness (QED) is 0.372. The van der Waals surface area contributed by atoms with Crippen molar-refractivity contribution in [2.75, 3.05) is 41.9 Å². The highest BCUT2D eigenvalue weighted by atomic mass is 79.9. The first-order valence-corrected chi connectivity index (χ1v) is 10.1. The lowest BCUT2D eigenvalue weighted by molar-refractivity contribution is 0.122. The standard InChI is InChI=1S/C20H20BrN7O2/c21-15-5-3-6-16(12-15)23-18-24-19(26-20(25-18)28-8-10-30-11-9-28)27-22-13-14-4-1-2-7-17(14)29/h1-7,12-13,29H,8-11H2,(H2,23,24,25,26,27). The number of hydrogen-bond acceptors (Lipinski definition) is 9. The molecule has 0 bridgehead atoms. The van der Waals surface area contributed by atoms with Crippen LogP contribution in [0.3, 0.4) is 0 Å². The average Bonchev–Trinajstić information content (AvgIpc) is 2.76. The van der Waals surface area contributed by atoms with Crippen molar-refractivity contribution in [1.82, 2.24) is 15.0 Å². The molecule has 1 aliphatic heterocycles. The van der Waals surface area contributed by atoms with Gasteiger partial charge in [-0.2, -0.15) is 20.1 Å². The summed E-state index contributed by atoms with van der Waals surface area (Å²) in [6.07, 6.45) is 1.51. The number of aromatic nitrogens is 3. The third kappa shape index (κ3) is 5.22. The van der Waals surface area contributed by atoms with E-state index in [9.17, 15) is 5.11 Å². The Kier molecular flexibility index (Phi) is 6.35. The lowest BCUT2D eigenvalue weighted by Gasteiger charge is -2.27. The second-order valence-electron chi connectivity index (χ2n) is 6.45. The molecule has 0 amide bonds.